The molecule has 1 unspecified atom stereocenters. The fraction of sp³-hybridized carbons (Fsp3) is 0.316. The van der Waals surface area contributed by atoms with Crippen LogP contribution < -0.4 is 5.32 Å². The molecule has 9 heteroatoms. The Labute approximate surface area is 168 Å². The van der Waals surface area contributed by atoms with Crippen LogP contribution in [0.1, 0.15) is 38.5 Å². The van der Waals surface area contributed by atoms with Crippen molar-refractivity contribution in [1.29, 1.82) is 0 Å². The lowest BCUT2D eigenvalue weighted by Gasteiger charge is -2.25. The van der Waals surface area contributed by atoms with E-state index in [0.717, 1.165) is 11.3 Å². The summed E-state index contributed by atoms with van der Waals surface area (Å²) in [6.07, 6.45) is 1.57. The number of tetrazole rings is 1. The van der Waals surface area contributed by atoms with Gasteiger partial charge in [-0.25, -0.2) is 9.48 Å². The first-order valence-electron chi connectivity index (χ1n) is 8.91. The summed E-state index contributed by atoms with van der Waals surface area (Å²) in [6.45, 7) is 5.90. The van der Waals surface area contributed by atoms with Crippen molar-refractivity contribution in [2.75, 3.05) is 12.4 Å². The summed E-state index contributed by atoms with van der Waals surface area (Å²) < 4.78 is 1.72. The molecule has 0 saturated carbocycles. The molecule has 1 atom stereocenters. The Kier molecular flexibility index (Phi) is 5.89. The number of hydrogen-bond donors (Lipinski definition) is 1. The highest BCUT2D eigenvalue weighted by atomic mass is 35.5. The van der Waals surface area contributed by atoms with E-state index in [4.69, 9.17) is 11.6 Å². The summed E-state index contributed by atoms with van der Waals surface area (Å²) in [4.78, 5) is 18.7. The fourth-order valence-corrected chi connectivity index (χ4v) is 2.83. The van der Waals surface area contributed by atoms with Crippen molar-refractivity contribution < 1.29 is 4.79 Å². The van der Waals surface area contributed by atoms with Crippen molar-refractivity contribution in [1.82, 2.24) is 30.1 Å². The summed E-state index contributed by atoms with van der Waals surface area (Å²) in [5, 5.41) is 15.4. The zero-order valence-electron chi connectivity index (χ0n) is 16.2. The lowest BCUT2D eigenvalue weighted by Crippen LogP contribution is -2.34. The molecule has 3 aromatic rings. The maximum absolute atomic E-state index is 12.8. The van der Waals surface area contributed by atoms with E-state index in [1.54, 1.807) is 28.9 Å². The van der Waals surface area contributed by atoms with Crippen LogP contribution in [-0.2, 0) is 0 Å². The molecule has 0 saturated heterocycles. The number of benzene rings is 1. The number of anilines is 1. The zero-order valence-corrected chi connectivity index (χ0v) is 16.9. The smallest absolute Gasteiger partial charge is 0.319 e. The summed E-state index contributed by atoms with van der Waals surface area (Å²) >= 11 is 5.89. The van der Waals surface area contributed by atoms with Crippen molar-refractivity contribution in [3.63, 3.8) is 0 Å². The molecule has 146 valence electrons. The predicted octanol–water partition coefficient (Wildman–Crippen LogP) is 4.19. The summed E-state index contributed by atoms with van der Waals surface area (Å²) in [7, 11) is 1.72. The second-order valence-electron chi connectivity index (χ2n) is 6.70. The maximum Gasteiger partial charge on any atom is 0.322 e. The first-order valence-corrected chi connectivity index (χ1v) is 9.28. The van der Waals surface area contributed by atoms with E-state index in [2.05, 4.69) is 25.8 Å². The van der Waals surface area contributed by atoms with Gasteiger partial charge >= 0.3 is 6.03 Å². The van der Waals surface area contributed by atoms with Gasteiger partial charge in [-0.2, -0.15) is 0 Å². The van der Waals surface area contributed by atoms with Crippen molar-refractivity contribution in [3.8, 4) is 11.4 Å². The first-order chi connectivity index (χ1) is 13.4. The topological polar surface area (TPSA) is 88.8 Å². The Morgan fingerprint density at radius 2 is 1.93 bits per heavy atom. The highest BCUT2D eigenvalue weighted by molar-refractivity contribution is 6.30. The molecule has 2 heterocycles. The number of halogens is 1. The van der Waals surface area contributed by atoms with Gasteiger partial charge in [0.1, 0.15) is 0 Å². The number of hydrogen-bond acceptors (Lipinski definition) is 5. The van der Waals surface area contributed by atoms with Crippen LogP contribution in [0, 0.1) is 0 Å². The molecule has 28 heavy (non-hydrogen) atoms. The molecule has 1 N–H and O–H groups in total. The van der Waals surface area contributed by atoms with Crippen LogP contribution in [0.3, 0.4) is 0 Å². The van der Waals surface area contributed by atoms with Gasteiger partial charge in [0.05, 0.1) is 28.5 Å². The maximum atomic E-state index is 12.8. The molecular formula is C19H22ClN7O. The Morgan fingerprint density at radius 3 is 2.61 bits per heavy atom. The number of urea groups is 1. The number of aromatic nitrogens is 5. The predicted molar refractivity (Wildman–Crippen MR) is 108 cm³/mol. The Balaban J connectivity index is 1.83. The Bertz CT molecular complexity index is 955. The van der Waals surface area contributed by atoms with Crippen LogP contribution in [0.4, 0.5) is 10.5 Å². The van der Waals surface area contributed by atoms with Gasteiger partial charge in [0.2, 0.25) is 0 Å². The quantitative estimate of drug-likeness (QED) is 0.694. The number of para-hydroxylation sites is 1. The number of nitrogens with zero attached hydrogens (tertiary/aromatic N) is 6. The third-order valence-corrected chi connectivity index (χ3v) is 4.69. The van der Waals surface area contributed by atoms with Crippen LogP contribution in [-0.4, -0.2) is 43.2 Å². The molecule has 0 aliphatic heterocycles. The number of pyridine rings is 1. The van der Waals surface area contributed by atoms with E-state index >= 15 is 0 Å². The SMILES string of the molecule is CC(c1ccc(Cl)cn1)N(C)C(=O)Nc1ccccc1-c1nnnn1C(C)C. The molecule has 0 fully saturated rings. The van der Waals surface area contributed by atoms with Crippen molar-refractivity contribution in [2.45, 2.75) is 32.9 Å². The number of carbonyl (C=O) groups is 1. The number of rotatable bonds is 5. The van der Waals surface area contributed by atoms with E-state index in [0.29, 0.717) is 16.5 Å². The average Bonchev–Trinajstić information content (AvgIpc) is 3.18. The average molecular weight is 400 g/mol. The van der Waals surface area contributed by atoms with Gasteiger partial charge in [-0.05, 0) is 55.5 Å². The van der Waals surface area contributed by atoms with Gasteiger partial charge in [0.15, 0.2) is 5.82 Å². The van der Waals surface area contributed by atoms with Gasteiger partial charge in [0.25, 0.3) is 0 Å². The molecule has 0 bridgehead atoms. The molecule has 1 aromatic carbocycles. The summed E-state index contributed by atoms with van der Waals surface area (Å²) in [5.74, 6) is 0.598. The Hall–Kier alpha value is -3.00. The van der Waals surface area contributed by atoms with Gasteiger partial charge in [-0.15, -0.1) is 5.10 Å². The van der Waals surface area contributed by atoms with E-state index in [9.17, 15) is 4.79 Å². The van der Waals surface area contributed by atoms with Crippen LogP contribution in [0.15, 0.2) is 42.6 Å². The van der Waals surface area contributed by atoms with Gasteiger partial charge in [-0.3, -0.25) is 4.98 Å². The van der Waals surface area contributed by atoms with Crippen LogP contribution in [0.25, 0.3) is 11.4 Å². The van der Waals surface area contributed by atoms with E-state index < -0.39 is 0 Å². The minimum Gasteiger partial charge on any atom is -0.319 e. The zero-order chi connectivity index (χ0) is 20.3. The molecule has 3 rings (SSSR count). The second kappa shape index (κ2) is 8.35. The minimum absolute atomic E-state index is 0.0902. The molecule has 0 aliphatic carbocycles. The van der Waals surface area contributed by atoms with Gasteiger partial charge < -0.3 is 10.2 Å². The third-order valence-electron chi connectivity index (χ3n) is 4.47. The van der Waals surface area contributed by atoms with Crippen LogP contribution >= 0.6 is 11.6 Å². The van der Waals surface area contributed by atoms with Crippen LogP contribution in [0.5, 0.6) is 0 Å². The van der Waals surface area contributed by atoms with Crippen molar-refractivity contribution >= 4 is 23.3 Å². The number of nitrogens with one attached hydrogen (secondary N) is 1. The van der Waals surface area contributed by atoms with Crippen molar-refractivity contribution in [2.24, 2.45) is 0 Å². The minimum atomic E-state index is -0.264. The first kappa shape index (κ1) is 19.8. The molecule has 0 spiro atoms. The molecule has 2 amide bonds. The molecule has 0 radical (unpaired) electrons. The molecule has 0 aliphatic rings. The van der Waals surface area contributed by atoms with E-state index in [-0.39, 0.29) is 18.1 Å². The number of amides is 2. The fourth-order valence-electron chi connectivity index (χ4n) is 2.72. The highest BCUT2D eigenvalue weighted by Crippen LogP contribution is 2.28. The summed E-state index contributed by atoms with van der Waals surface area (Å²) in [5.41, 5.74) is 2.13. The largest absolute Gasteiger partial charge is 0.322 e. The van der Waals surface area contributed by atoms with E-state index in [1.807, 2.05) is 51.1 Å². The van der Waals surface area contributed by atoms with E-state index in [1.165, 1.54) is 0 Å². The lowest BCUT2D eigenvalue weighted by molar-refractivity contribution is 0.207. The molecule has 8 nitrogen and oxygen atoms in total. The van der Waals surface area contributed by atoms with Gasteiger partial charge in [0, 0.05) is 18.8 Å². The van der Waals surface area contributed by atoms with Crippen LogP contribution in [0.2, 0.25) is 5.02 Å². The summed E-state index contributed by atoms with van der Waals surface area (Å²) in [6, 6.07) is 10.6. The standard InChI is InChI=1S/C19H22ClN7O/c1-12(2)27-18(23-24-25-27)15-7-5-6-8-17(15)22-19(28)26(4)13(3)16-10-9-14(20)11-21-16/h5-13H,1-4H3,(H,22,28). The Morgan fingerprint density at radius 1 is 1.18 bits per heavy atom. The highest BCUT2D eigenvalue weighted by Gasteiger charge is 2.21. The number of carbonyl (C=O) groups excluding carboxylic acids is 1. The normalized spacial score (nSPS) is 12.1. The molecule has 2 aromatic heterocycles. The molecular weight excluding hydrogens is 378 g/mol. The van der Waals surface area contributed by atoms with Crippen molar-refractivity contribution in [3.05, 3.63) is 53.3 Å². The third kappa shape index (κ3) is 4.12. The van der Waals surface area contributed by atoms with Gasteiger partial charge in [-0.1, -0.05) is 23.7 Å². The lowest BCUT2D eigenvalue weighted by atomic mass is 10.1. The monoisotopic (exact) mass is 399 g/mol. The second-order valence-corrected chi connectivity index (χ2v) is 7.14.